The molecule has 0 aromatic heterocycles. The number of carbonyl (C=O) groups is 1. The van der Waals surface area contributed by atoms with Gasteiger partial charge in [0.25, 0.3) is 10.0 Å². The molecule has 120 valence electrons. The van der Waals surface area contributed by atoms with E-state index in [1.54, 1.807) is 4.72 Å². The van der Waals surface area contributed by atoms with Crippen molar-refractivity contribution in [2.45, 2.75) is 30.9 Å². The molecule has 1 aromatic carbocycles. The third-order valence-electron chi connectivity index (χ3n) is 3.49. The lowest BCUT2D eigenvalue weighted by Crippen LogP contribution is -2.48. The fraction of sp³-hybridized carbons (Fsp3) is 0.533. The van der Waals surface area contributed by atoms with Crippen LogP contribution >= 0.6 is 0 Å². The molecule has 0 radical (unpaired) electrons. The summed E-state index contributed by atoms with van der Waals surface area (Å²) in [4.78, 5) is 11.9. The number of benzene rings is 1. The van der Waals surface area contributed by atoms with Gasteiger partial charge in [0.1, 0.15) is 0 Å². The topological polar surface area (TPSA) is 78.5 Å². The van der Waals surface area contributed by atoms with Crippen LogP contribution in [-0.2, 0) is 10.0 Å². The lowest BCUT2D eigenvalue weighted by atomic mass is 10.0. The maximum absolute atomic E-state index is 12.4. The molecule has 22 heavy (non-hydrogen) atoms. The van der Waals surface area contributed by atoms with Crippen molar-refractivity contribution in [1.29, 1.82) is 0 Å². The number of amides is 2. The second kappa shape index (κ2) is 5.89. The van der Waals surface area contributed by atoms with Crippen LogP contribution in [0.25, 0.3) is 0 Å². The molecule has 0 bridgehead atoms. The summed E-state index contributed by atoms with van der Waals surface area (Å²) >= 11 is 0. The van der Waals surface area contributed by atoms with Crippen molar-refractivity contribution in [2.24, 2.45) is 11.8 Å². The molecule has 2 amide bonds. The van der Waals surface area contributed by atoms with E-state index in [4.69, 9.17) is 12.3 Å². The van der Waals surface area contributed by atoms with Crippen molar-refractivity contribution in [3.05, 3.63) is 29.8 Å². The zero-order chi connectivity index (χ0) is 23.6. The number of nitrogens with zero attached hydrogens (tertiary/aromatic N) is 1. The summed E-state index contributed by atoms with van der Waals surface area (Å²) in [5.74, 6) is -2.08. The number of rotatable bonds is 3. The summed E-state index contributed by atoms with van der Waals surface area (Å²) in [7, 11) is -4.33. The van der Waals surface area contributed by atoms with Gasteiger partial charge in [-0.25, -0.2) is 22.9 Å². The Bertz CT molecular complexity index is 954. The molecule has 1 saturated heterocycles. The Hall–Kier alpha value is -1.60. The van der Waals surface area contributed by atoms with Crippen LogP contribution in [0.3, 0.4) is 0 Å². The highest BCUT2D eigenvalue weighted by molar-refractivity contribution is 7.90. The van der Waals surface area contributed by atoms with Gasteiger partial charge in [0.05, 0.1) is 4.90 Å². The van der Waals surface area contributed by atoms with Gasteiger partial charge in [-0.3, -0.25) is 5.43 Å². The van der Waals surface area contributed by atoms with Crippen LogP contribution in [0, 0.1) is 18.7 Å². The van der Waals surface area contributed by atoms with Gasteiger partial charge in [-0.05, 0) is 43.6 Å². The van der Waals surface area contributed by atoms with E-state index in [-0.39, 0.29) is 23.5 Å². The highest BCUT2D eigenvalue weighted by atomic mass is 32.2. The quantitative estimate of drug-likeness (QED) is 0.882. The summed E-state index contributed by atoms with van der Waals surface area (Å²) in [6.07, 6.45) is -7.68. The average Bonchev–Trinajstić information content (AvgIpc) is 3.08. The Kier molecular flexibility index (Phi) is 2.08. The maximum atomic E-state index is 12.4. The van der Waals surface area contributed by atoms with E-state index in [0.29, 0.717) is 0 Å². The number of carbonyl (C=O) groups excluding carboxylic acids is 1. The molecule has 2 atom stereocenters. The van der Waals surface area contributed by atoms with Crippen molar-refractivity contribution in [1.82, 2.24) is 15.2 Å². The molecule has 6 nitrogen and oxygen atoms in total. The third kappa shape index (κ3) is 3.25. The van der Waals surface area contributed by atoms with Crippen molar-refractivity contribution >= 4 is 16.1 Å². The first-order valence-corrected chi connectivity index (χ1v) is 8.08. The zero-order valence-corrected chi connectivity index (χ0v) is 12.3. The van der Waals surface area contributed by atoms with Gasteiger partial charge in [-0.1, -0.05) is 24.1 Å². The van der Waals surface area contributed by atoms with Gasteiger partial charge in [-0.15, -0.1) is 0 Å². The van der Waals surface area contributed by atoms with E-state index in [2.05, 4.69) is 5.43 Å². The van der Waals surface area contributed by atoms with Crippen LogP contribution < -0.4 is 10.1 Å². The fourth-order valence-corrected chi connectivity index (χ4v) is 3.30. The number of hydrogen-bond donors (Lipinski definition) is 2. The fourth-order valence-electron chi connectivity index (χ4n) is 2.40. The van der Waals surface area contributed by atoms with Crippen molar-refractivity contribution in [2.75, 3.05) is 13.1 Å². The highest BCUT2D eigenvalue weighted by Crippen LogP contribution is 2.36. The van der Waals surface area contributed by atoms with E-state index in [0.717, 1.165) is 29.3 Å². The number of urea groups is 1. The van der Waals surface area contributed by atoms with Crippen LogP contribution in [0.2, 0.25) is 0 Å². The van der Waals surface area contributed by atoms with Gasteiger partial charge in [0.2, 0.25) is 0 Å². The Labute approximate surface area is 143 Å². The number of hydrogen-bond acceptors (Lipinski definition) is 4. The molecule has 2 fully saturated rings. The first-order valence-electron chi connectivity index (χ1n) is 11.1. The number of sulfonamides is 1. The Morgan fingerprint density at radius 2 is 1.91 bits per heavy atom. The summed E-state index contributed by atoms with van der Waals surface area (Å²) < 4.78 is 96.2. The predicted molar refractivity (Wildman–Crippen MR) is 82.4 cm³/mol. The minimum Gasteiger partial charge on any atom is -0.270 e. The standard InChI is InChI=1S/C15H21N3O3S/c1-11-5-7-14(8-6-11)22(20,21)17-15(19)16-18-9-12-3-2-4-13(12)10-18/h5-8,12-13H,2-4,9-10H2,1H3,(H2,16,17,19)/i1D3,2D2,3D2,4D2. The van der Waals surface area contributed by atoms with Gasteiger partial charge in [0, 0.05) is 25.4 Å². The van der Waals surface area contributed by atoms with Crippen LogP contribution in [0.5, 0.6) is 0 Å². The Morgan fingerprint density at radius 1 is 1.27 bits per heavy atom. The number of aryl methyl sites for hydroxylation is 1. The molecule has 7 heteroatoms. The van der Waals surface area contributed by atoms with Crippen LogP contribution in [0.1, 0.15) is 37.0 Å². The van der Waals surface area contributed by atoms with Gasteiger partial charge >= 0.3 is 6.03 Å². The van der Waals surface area contributed by atoms with E-state index < -0.39 is 53.9 Å². The number of hydrazine groups is 1. The highest BCUT2D eigenvalue weighted by Gasteiger charge is 2.36. The summed E-state index contributed by atoms with van der Waals surface area (Å²) in [6.45, 7) is -2.80. The molecule has 1 saturated carbocycles. The molecule has 1 aliphatic carbocycles. The molecule has 2 unspecified atom stereocenters. The van der Waals surface area contributed by atoms with E-state index in [9.17, 15) is 13.2 Å². The first kappa shape index (κ1) is 7.79. The molecular formula is C15H21N3O3S. The van der Waals surface area contributed by atoms with E-state index >= 15 is 0 Å². The summed E-state index contributed by atoms with van der Waals surface area (Å²) in [5.41, 5.74) is 2.16. The largest absolute Gasteiger partial charge is 0.343 e. The second-order valence-corrected chi connectivity index (χ2v) is 6.78. The third-order valence-corrected chi connectivity index (χ3v) is 4.83. The van der Waals surface area contributed by atoms with Crippen molar-refractivity contribution in [3.8, 4) is 0 Å². The smallest absolute Gasteiger partial charge is 0.270 e. The minimum atomic E-state index is -4.33. The Morgan fingerprint density at radius 3 is 2.50 bits per heavy atom. The van der Waals surface area contributed by atoms with Crippen LogP contribution in [-0.4, -0.2) is 32.5 Å². The summed E-state index contributed by atoms with van der Waals surface area (Å²) in [6, 6.07) is 3.15. The second-order valence-electron chi connectivity index (χ2n) is 5.10. The van der Waals surface area contributed by atoms with Gasteiger partial charge in [0.15, 0.2) is 0 Å². The molecular weight excluding hydrogens is 302 g/mol. The summed E-state index contributed by atoms with van der Waals surface area (Å²) in [5, 5.41) is 1.16. The zero-order valence-electron chi connectivity index (χ0n) is 20.5. The Balaban J connectivity index is 1.67. The van der Waals surface area contributed by atoms with Gasteiger partial charge < -0.3 is 0 Å². The van der Waals surface area contributed by atoms with E-state index in [1.807, 2.05) is 0 Å². The molecule has 3 rings (SSSR count). The van der Waals surface area contributed by atoms with Crippen molar-refractivity contribution in [3.63, 3.8) is 0 Å². The maximum Gasteiger partial charge on any atom is 0.343 e. The predicted octanol–water partition coefficient (Wildman–Crippen LogP) is 1.63. The number of fused-ring (bicyclic) bond motifs is 1. The monoisotopic (exact) mass is 332 g/mol. The normalized spacial score (nSPS) is 38.5. The average molecular weight is 332 g/mol. The van der Waals surface area contributed by atoms with Crippen LogP contribution in [0.4, 0.5) is 4.79 Å². The lowest BCUT2D eigenvalue weighted by Gasteiger charge is -2.18. The molecule has 2 aliphatic rings. The molecule has 2 N–H and O–H groups in total. The SMILES string of the molecule is [2H]C([2H])([2H])c1ccc(S(=O)(=O)NC(=O)NN2CC3C(C2)C([2H])([2H])C([2H])([2H])C3([2H])[2H])cc1. The number of nitrogens with one attached hydrogen (secondary N) is 2. The molecule has 1 aliphatic heterocycles. The lowest BCUT2D eigenvalue weighted by molar-refractivity contribution is 0.195. The minimum absolute atomic E-state index is 0.0667. The van der Waals surface area contributed by atoms with Gasteiger partial charge in [-0.2, -0.15) is 0 Å². The molecule has 1 heterocycles. The van der Waals surface area contributed by atoms with Crippen LogP contribution in [0.15, 0.2) is 29.2 Å². The molecule has 1 aromatic rings. The van der Waals surface area contributed by atoms with E-state index in [1.165, 1.54) is 0 Å². The first-order chi connectivity index (χ1) is 13.9. The van der Waals surface area contributed by atoms with Crippen molar-refractivity contribution < 1.29 is 25.5 Å². The molecule has 0 spiro atoms.